The molecule has 0 bridgehead atoms. The van der Waals surface area contributed by atoms with E-state index in [0.717, 1.165) is 4.88 Å². The molecule has 0 saturated heterocycles. The second kappa shape index (κ2) is 7.33. The van der Waals surface area contributed by atoms with Crippen molar-refractivity contribution in [1.82, 2.24) is 0 Å². The van der Waals surface area contributed by atoms with E-state index in [1.165, 1.54) is 42.5 Å². The minimum Gasteiger partial charge on any atom is -0.451 e. The van der Waals surface area contributed by atoms with Crippen LogP contribution in [0.2, 0.25) is 4.34 Å². The van der Waals surface area contributed by atoms with E-state index in [9.17, 15) is 14.0 Å². The lowest BCUT2D eigenvalue weighted by molar-refractivity contribution is -0.158. The Bertz CT molecular complexity index is 833. The van der Waals surface area contributed by atoms with Gasteiger partial charge in [-0.2, -0.15) is 0 Å². The molecule has 1 aromatic carbocycles. The standard InChI is InChI=1S/C17H13ClFNO4S/c1-9(16(21)10-2-4-11(19)5-3-10)23-17(22)13-8-12(20-24-13)14-6-7-15(18)25-14/h2-7,9,13H,8H2,1H3. The molecule has 0 saturated carbocycles. The van der Waals surface area contributed by atoms with Gasteiger partial charge in [-0.1, -0.05) is 16.8 Å². The largest absolute Gasteiger partial charge is 0.451 e. The monoisotopic (exact) mass is 381 g/mol. The molecule has 8 heteroatoms. The number of esters is 1. The van der Waals surface area contributed by atoms with Crippen LogP contribution in [0, 0.1) is 5.82 Å². The molecule has 1 aliphatic heterocycles. The van der Waals surface area contributed by atoms with Crippen LogP contribution in [-0.2, 0) is 14.4 Å². The fourth-order valence-electron chi connectivity index (χ4n) is 2.27. The van der Waals surface area contributed by atoms with E-state index in [1.807, 2.05) is 0 Å². The highest BCUT2D eigenvalue weighted by Gasteiger charge is 2.33. The van der Waals surface area contributed by atoms with Gasteiger partial charge in [-0.25, -0.2) is 9.18 Å². The molecule has 5 nitrogen and oxygen atoms in total. The van der Waals surface area contributed by atoms with Crippen LogP contribution in [0.5, 0.6) is 0 Å². The van der Waals surface area contributed by atoms with E-state index in [0.29, 0.717) is 10.0 Å². The minimum absolute atomic E-state index is 0.243. The highest BCUT2D eigenvalue weighted by Crippen LogP contribution is 2.26. The number of rotatable bonds is 5. The van der Waals surface area contributed by atoms with Gasteiger partial charge < -0.3 is 9.57 Å². The van der Waals surface area contributed by atoms with Crippen molar-refractivity contribution in [2.24, 2.45) is 5.16 Å². The van der Waals surface area contributed by atoms with Crippen molar-refractivity contribution < 1.29 is 23.6 Å². The van der Waals surface area contributed by atoms with Crippen LogP contribution >= 0.6 is 22.9 Å². The number of carbonyl (C=O) groups excluding carboxylic acids is 2. The Kier molecular flexibility index (Phi) is 5.15. The lowest BCUT2D eigenvalue weighted by Gasteiger charge is -2.14. The first kappa shape index (κ1) is 17.6. The van der Waals surface area contributed by atoms with Crippen molar-refractivity contribution in [2.75, 3.05) is 0 Å². The Morgan fingerprint density at radius 1 is 1.32 bits per heavy atom. The fraction of sp³-hybridized carbons (Fsp3) is 0.235. The molecule has 0 amide bonds. The van der Waals surface area contributed by atoms with Crippen molar-refractivity contribution in [2.45, 2.75) is 25.6 Å². The summed E-state index contributed by atoms with van der Waals surface area (Å²) in [5.41, 5.74) is 0.871. The number of hydrogen-bond acceptors (Lipinski definition) is 6. The van der Waals surface area contributed by atoms with Gasteiger partial charge in [0.1, 0.15) is 11.5 Å². The third-order valence-corrected chi connectivity index (χ3v) is 4.86. The maximum Gasteiger partial charge on any atom is 0.351 e. The Morgan fingerprint density at radius 3 is 2.68 bits per heavy atom. The molecule has 2 heterocycles. The number of ketones is 1. The number of nitrogens with zero attached hydrogens (tertiary/aromatic N) is 1. The molecule has 2 aromatic rings. The summed E-state index contributed by atoms with van der Waals surface area (Å²) in [6.45, 7) is 1.46. The predicted octanol–water partition coefficient (Wildman–Crippen LogP) is 3.85. The van der Waals surface area contributed by atoms with Crippen molar-refractivity contribution in [3.63, 3.8) is 0 Å². The zero-order valence-corrected chi connectivity index (χ0v) is 14.6. The number of thiophene rings is 1. The molecule has 0 fully saturated rings. The van der Waals surface area contributed by atoms with Gasteiger partial charge in [0.2, 0.25) is 11.9 Å². The molecule has 0 aliphatic carbocycles. The lowest BCUT2D eigenvalue weighted by Crippen LogP contribution is -2.31. The molecule has 1 aliphatic rings. The summed E-state index contributed by atoms with van der Waals surface area (Å²) in [4.78, 5) is 30.3. The van der Waals surface area contributed by atoms with Gasteiger partial charge in [-0.15, -0.1) is 11.3 Å². The molecule has 2 atom stereocenters. The second-order valence-electron chi connectivity index (χ2n) is 5.39. The van der Waals surface area contributed by atoms with E-state index in [1.54, 1.807) is 12.1 Å². The normalized spacial score (nSPS) is 17.6. The number of Topliss-reactive ketones (excluding diaryl/α,β-unsaturated/α-hetero) is 1. The average molecular weight is 382 g/mol. The Balaban J connectivity index is 1.57. The average Bonchev–Trinajstić information content (AvgIpc) is 3.23. The predicted molar refractivity (Wildman–Crippen MR) is 91.6 cm³/mol. The van der Waals surface area contributed by atoms with Crippen LogP contribution in [0.3, 0.4) is 0 Å². The van der Waals surface area contributed by atoms with Gasteiger partial charge in [0.05, 0.1) is 9.21 Å². The molecular weight excluding hydrogens is 369 g/mol. The van der Waals surface area contributed by atoms with E-state index in [4.69, 9.17) is 21.2 Å². The molecule has 0 spiro atoms. The van der Waals surface area contributed by atoms with E-state index >= 15 is 0 Å². The molecule has 1 aromatic heterocycles. The quantitative estimate of drug-likeness (QED) is 0.583. The molecule has 3 rings (SSSR count). The first-order chi connectivity index (χ1) is 11.9. The zero-order chi connectivity index (χ0) is 18.0. The van der Waals surface area contributed by atoms with Gasteiger partial charge in [0.25, 0.3) is 0 Å². The first-order valence-electron chi connectivity index (χ1n) is 7.42. The smallest absolute Gasteiger partial charge is 0.351 e. The van der Waals surface area contributed by atoms with Crippen LogP contribution in [0.15, 0.2) is 41.6 Å². The molecule has 130 valence electrons. The SMILES string of the molecule is CC(OC(=O)C1CC(c2ccc(Cl)s2)=NO1)C(=O)c1ccc(F)cc1. The first-order valence-corrected chi connectivity index (χ1v) is 8.62. The second-order valence-corrected chi connectivity index (χ2v) is 7.11. The van der Waals surface area contributed by atoms with Gasteiger partial charge in [0, 0.05) is 12.0 Å². The molecule has 2 unspecified atom stereocenters. The van der Waals surface area contributed by atoms with Crippen LogP contribution in [0.1, 0.15) is 28.6 Å². The van der Waals surface area contributed by atoms with Crippen molar-refractivity contribution in [1.29, 1.82) is 0 Å². The molecule has 0 radical (unpaired) electrons. The summed E-state index contributed by atoms with van der Waals surface area (Å²) in [6.07, 6.45) is -1.67. The van der Waals surface area contributed by atoms with Crippen molar-refractivity contribution >= 4 is 40.4 Å². The Morgan fingerprint density at radius 2 is 2.04 bits per heavy atom. The molecule has 25 heavy (non-hydrogen) atoms. The van der Waals surface area contributed by atoms with Crippen LogP contribution in [0.4, 0.5) is 4.39 Å². The maximum absolute atomic E-state index is 12.9. The number of oxime groups is 1. The molecular formula is C17H13ClFNO4S. The van der Waals surface area contributed by atoms with E-state index in [-0.39, 0.29) is 12.0 Å². The topological polar surface area (TPSA) is 65.0 Å². The number of halogens is 2. The van der Waals surface area contributed by atoms with Gasteiger partial charge in [-0.3, -0.25) is 4.79 Å². The third kappa shape index (κ3) is 4.05. The van der Waals surface area contributed by atoms with Crippen LogP contribution in [-0.4, -0.2) is 29.7 Å². The summed E-state index contributed by atoms with van der Waals surface area (Å²) in [5.74, 6) is -1.54. The lowest BCUT2D eigenvalue weighted by atomic mass is 10.1. The van der Waals surface area contributed by atoms with E-state index < -0.39 is 29.8 Å². The molecule has 0 N–H and O–H groups in total. The number of ether oxygens (including phenoxy) is 1. The van der Waals surface area contributed by atoms with Crippen molar-refractivity contribution in [3.8, 4) is 0 Å². The summed E-state index contributed by atoms with van der Waals surface area (Å²) < 4.78 is 18.7. The van der Waals surface area contributed by atoms with Gasteiger partial charge in [0.15, 0.2) is 6.10 Å². The number of benzene rings is 1. The van der Waals surface area contributed by atoms with E-state index in [2.05, 4.69) is 5.16 Å². The van der Waals surface area contributed by atoms with Crippen LogP contribution < -0.4 is 0 Å². The van der Waals surface area contributed by atoms with Gasteiger partial charge in [-0.05, 0) is 43.3 Å². The van der Waals surface area contributed by atoms with Gasteiger partial charge >= 0.3 is 5.97 Å². The summed E-state index contributed by atoms with van der Waals surface area (Å²) in [5, 5.41) is 3.88. The number of carbonyl (C=O) groups is 2. The maximum atomic E-state index is 12.9. The zero-order valence-electron chi connectivity index (χ0n) is 13.1. The number of hydrogen-bond donors (Lipinski definition) is 0. The Labute approximate surface area is 152 Å². The third-order valence-electron chi connectivity index (χ3n) is 3.58. The minimum atomic E-state index is -1.01. The Hall–Kier alpha value is -2.25. The van der Waals surface area contributed by atoms with Crippen LogP contribution in [0.25, 0.3) is 0 Å². The fourth-order valence-corrected chi connectivity index (χ4v) is 3.30. The highest BCUT2D eigenvalue weighted by molar-refractivity contribution is 7.18. The van der Waals surface area contributed by atoms with Crippen molar-refractivity contribution in [3.05, 3.63) is 57.0 Å². The summed E-state index contributed by atoms with van der Waals surface area (Å²) in [6, 6.07) is 8.57. The highest BCUT2D eigenvalue weighted by atomic mass is 35.5. The summed E-state index contributed by atoms with van der Waals surface area (Å²) in [7, 11) is 0. The summed E-state index contributed by atoms with van der Waals surface area (Å²) >= 11 is 7.21.